The topological polar surface area (TPSA) is 203 Å². The molecule has 0 spiro atoms. The van der Waals surface area contributed by atoms with Crippen molar-refractivity contribution in [1.82, 2.24) is 16.0 Å². The van der Waals surface area contributed by atoms with Crippen molar-refractivity contribution in [3.05, 3.63) is 0 Å². The SMILES string of the molecule is CC(NC(=O)C(CCCCN)NC(=O)CN)C(=O)NC(CCCCN)C(=O)O. The Bertz CT molecular complexity index is 516. The maximum Gasteiger partial charge on any atom is 0.326 e. The van der Waals surface area contributed by atoms with Crippen molar-refractivity contribution >= 4 is 23.7 Å². The molecule has 0 aromatic heterocycles. The van der Waals surface area contributed by atoms with Crippen LogP contribution in [0.3, 0.4) is 0 Å². The number of hydrogen-bond acceptors (Lipinski definition) is 7. The van der Waals surface area contributed by atoms with Crippen molar-refractivity contribution in [2.45, 2.75) is 63.6 Å². The summed E-state index contributed by atoms with van der Waals surface area (Å²) in [6.45, 7) is 2.07. The van der Waals surface area contributed by atoms with Gasteiger partial charge in [0.2, 0.25) is 17.7 Å². The highest BCUT2D eigenvalue weighted by Gasteiger charge is 2.26. The maximum absolute atomic E-state index is 12.4. The van der Waals surface area contributed by atoms with Crippen LogP contribution in [-0.4, -0.2) is 66.6 Å². The molecule has 3 amide bonds. The summed E-state index contributed by atoms with van der Waals surface area (Å²) in [6, 6.07) is -2.89. The van der Waals surface area contributed by atoms with E-state index in [4.69, 9.17) is 17.2 Å². The molecule has 0 fully saturated rings. The molecule has 0 saturated heterocycles. The van der Waals surface area contributed by atoms with Crippen LogP contribution in [0.2, 0.25) is 0 Å². The smallest absolute Gasteiger partial charge is 0.326 e. The van der Waals surface area contributed by atoms with Gasteiger partial charge in [-0.2, -0.15) is 0 Å². The van der Waals surface area contributed by atoms with Gasteiger partial charge >= 0.3 is 5.97 Å². The summed E-state index contributed by atoms with van der Waals surface area (Å²) in [5.74, 6) is -2.81. The molecule has 0 aliphatic carbocycles. The average Bonchev–Trinajstić information content (AvgIpc) is 2.65. The second-order valence-corrected chi connectivity index (χ2v) is 6.52. The zero-order valence-corrected chi connectivity index (χ0v) is 16.4. The standard InChI is InChI=1S/C17H34N6O5/c1-11(15(25)23-13(17(27)28)7-3-5-9-19)21-16(26)12(6-2-4-8-18)22-14(24)10-20/h11-13H,2-10,18-20H2,1H3,(H,21,26)(H,22,24)(H,23,25)(H,27,28). The number of carboxylic acid groups (broad SMARTS) is 1. The van der Waals surface area contributed by atoms with E-state index in [0.29, 0.717) is 45.2 Å². The molecule has 0 aliphatic rings. The van der Waals surface area contributed by atoms with Crippen LogP contribution in [-0.2, 0) is 19.2 Å². The van der Waals surface area contributed by atoms with Gasteiger partial charge in [-0.1, -0.05) is 0 Å². The minimum Gasteiger partial charge on any atom is -0.480 e. The van der Waals surface area contributed by atoms with E-state index < -0.39 is 41.8 Å². The molecule has 0 aliphatic heterocycles. The highest BCUT2D eigenvalue weighted by Crippen LogP contribution is 2.03. The van der Waals surface area contributed by atoms with Crippen molar-refractivity contribution in [1.29, 1.82) is 0 Å². The lowest BCUT2D eigenvalue weighted by molar-refractivity contribution is -0.142. The quantitative estimate of drug-likeness (QED) is 0.149. The van der Waals surface area contributed by atoms with Crippen molar-refractivity contribution in [3.8, 4) is 0 Å². The highest BCUT2D eigenvalue weighted by atomic mass is 16.4. The third-order valence-corrected chi connectivity index (χ3v) is 4.10. The lowest BCUT2D eigenvalue weighted by Gasteiger charge is -2.22. The second kappa shape index (κ2) is 14.8. The Morgan fingerprint density at radius 3 is 1.79 bits per heavy atom. The van der Waals surface area contributed by atoms with Crippen molar-refractivity contribution in [2.24, 2.45) is 17.2 Å². The number of carboxylic acids is 1. The van der Waals surface area contributed by atoms with Gasteiger partial charge in [-0.25, -0.2) is 4.79 Å². The summed E-state index contributed by atoms with van der Waals surface area (Å²) >= 11 is 0. The van der Waals surface area contributed by atoms with E-state index in [0.717, 1.165) is 0 Å². The van der Waals surface area contributed by atoms with E-state index in [9.17, 15) is 24.3 Å². The zero-order valence-electron chi connectivity index (χ0n) is 16.4. The van der Waals surface area contributed by atoms with Crippen LogP contribution in [0, 0.1) is 0 Å². The Morgan fingerprint density at radius 2 is 1.32 bits per heavy atom. The molecule has 10 N–H and O–H groups in total. The minimum absolute atomic E-state index is 0.243. The fourth-order valence-corrected chi connectivity index (χ4v) is 2.44. The number of carbonyl (C=O) groups excluding carboxylic acids is 3. The van der Waals surface area contributed by atoms with Gasteiger partial charge in [-0.3, -0.25) is 14.4 Å². The van der Waals surface area contributed by atoms with Gasteiger partial charge in [0.15, 0.2) is 0 Å². The van der Waals surface area contributed by atoms with Crippen LogP contribution in [0.25, 0.3) is 0 Å². The molecule has 3 atom stereocenters. The summed E-state index contributed by atoms with van der Waals surface area (Å²) < 4.78 is 0. The normalized spacial score (nSPS) is 13.9. The summed E-state index contributed by atoms with van der Waals surface area (Å²) in [7, 11) is 0. The van der Waals surface area contributed by atoms with Gasteiger partial charge in [-0.15, -0.1) is 0 Å². The Kier molecular flexibility index (Phi) is 13.6. The van der Waals surface area contributed by atoms with Crippen LogP contribution >= 0.6 is 0 Å². The van der Waals surface area contributed by atoms with Gasteiger partial charge in [-0.05, 0) is 58.5 Å². The molecule has 11 nitrogen and oxygen atoms in total. The molecule has 28 heavy (non-hydrogen) atoms. The van der Waals surface area contributed by atoms with Crippen LogP contribution in [0.15, 0.2) is 0 Å². The number of unbranched alkanes of at least 4 members (excludes halogenated alkanes) is 2. The zero-order chi connectivity index (χ0) is 21.5. The highest BCUT2D eigenvalue weighted by molar-refractivity contribution is 5.93. The van der Waals surface area contributed by atoms with Gasteiger partial charge in [0.25, 0.3) is 0 Å². The molecule has 0 aromatic rings. The third-order valence-electron chi connectivity index (χ3n) is 4.10. The molecule has 0 bridgehead atoms. The number of carbonyl (C=O) groups is 4. The van der Waals surface area contributed by atoms with E-state index in [1.807, 2.05) is 0 Å². The fraction of sp³-hybridized carbons (Fsp3) is 0.765. The molecule has 11 heteroatoms. The molecule has 3 unspecified atom stereocenters. The minimum atomic E-state index is -1.15. The average molecular weight is 402 g/mol. The van der Waals surface area contributed by atoms with Crippen molar-refractivity contribution in [3.63, 3.8) is 0 Å². The molecular formula is C17H34N6O5. The van der Waals surface area contributed by atoms with E-state index in [1.165, 1.54) is 6.92 Å². The number of hydrogen-bond donors (Lipinski definition) is 7. The Hall–Kier alpha value is -2.24. The van der Waals surface area contributed by atoms with Crippen LogP contribution in [0.5, 0.6) is 0 Å². The number of nitrogens with one attached hydrogen (secondary N) is 3. The monoisotopic (exact) mass is 402 g/mol. The van der Waals surface area contributed by atoms with Crippen LogP contribution in [0.4, 0.5) is 0 Å². The Morgan fingerprint density at radius 1 is 0.786 bits per heavy atom. The van der Waals surface area contributed by atoms with Crippen molar-refractivity contribution in [2.75, 3.05) is 19.6 Å². The molecule has 0 aromatic carbocycles. The third kappa shape index (κ3) is 10.8. The van der Waals surface area contributed by atoms with Gasteiger partial charge < -0.3 is 38.3 Å². The van der Waals surface area contributed by atoms with Crippen LogP contribution < -0.4 is 33.2 Å². The predicted octanol–water partition coefficient (Wildman–Crippen LogP) is -2.24. The summed E-state index contributed by atoms with van der Waals surface area (Å²) in [5, 5.41) is 16.6. The molecular weight excluding hydrogens is 368 g/mol. The Balaban J connectivity index is 4.78. The van der Waals surface area contributed by atoms with E-state index in [1.54, 1.807) is 0 Å². The van der Waals surface area contributed by atoms with Gasteiger partial charge in [0.05, 0.1) is 6.54 Å². The number of nitrogens with two attached hydrogens (primary N) is 3. The number of aliphatic carboxylic acids is 1. The lowest BCUT2D eigenvalue weighted by Crippen LogP contribution is -2.55. The molecule has 162 valence electrons. The van der Waals surface area contributed by atoms with Crippen LogP contribution in [0.1, 0.15) is 45.4 Å². The molecule has 0 saturated carbocycles. The first-order valence-electron chi connectivity index (χ1n) is 9.49. The first-order chi connectivity index (χ1) is 13.3. The summed E-state index contributed by atoms with van der Waals surface area (Å²) in [6.07, 6.45) is 3.09. The van der Waals surface area contributed by atoms with Gasteiger partial charge in [0, 0.05) is 0 Å². The second-order valence-electron chi connectivity index (χ2n) is 6.52. The first kappa shape index (κ1) is 25.8. The van der Waals surface area contributed by atoms with Gasteiger partial charge in [0.1, 0.15) is 18.1 Å². The largest absolute Gasteiger partial charge is 0.480 e. The molecule has 0 radical (unpaired) electrons. The fourth-order valence-electron chi connectivity index (χ4n) is 2.44. The predicted molar refractivity (Wildman–Crippen MR) is 104 cm³/mol. The lowest BCUT2D eigenvalue weighted by atomic mass is 10.1. The van der Waals surface area contributed by atoms with Crippen molar-refractivity contribution < 1.29 is 24.3 Å². The molecule has 0 rings (SSSR count). The molecule has 0 heterocycles. The Labute approximate surface area is 165 Å². The summed E-state index contributed by atoms with van der Waals surface area (Å²) in [4.78, 5) is 47.5. The first-order valence-corrected chi connectivity index (χ1v) is 9.49. The summed E-state index contributed by atoms with van der Waals surface area (Å²) in [5.41, 5.74) is 16.1. The number of amides is 3. The number of rotatable bonds is 15. The van der Waals surface area contributed by atoms with E-state index >= 15 is 0 Å². The van der Waals surface area contributed by atoms with E-state index in [2.05, 4.69) is 16.0 Å². The maximum atomic E-state index is 12.4. The van der Waals surface area contributed by atoms with E-state index in [-0.39, 0.29) is 13.0 Å².